The van der Waals surface area contributed by atoms with Gasteiger partial charge in [-0.25, -0.2) is 0 Å². The van der Waals surface area contributed by atoms with E-state index in [1.807, 2.05) is 24.3 Å². The lowest BCUT2D eigenvalue weighted by molar-refractivity contribution is -0.122. The molecule has 6 heteroatoms. The highest BCUT2D eigenvalue weighted by Crippen LogP contribution is 2.33. The van der Waals surface area contributed by atoms with Crippen molar-refractivity contribution in [2.45, 2.75) is 19.4 Å². The van der Waals surface area contributed by atoms with Gasteiger partial charge in [-0.05, 0) is 11.6 Å². The number of benzene rings is 2. The van der Waals surface area contributed by atoms with Crippen LogP contribution in [0.5, 0.6) is 11.5 Å². The molecule has 1 atom stereocenters. The van der Waals surface area contributed by atoms with Gasteiger partial charge in [0.25, 0.3) is 0 Å². The normalized spacial score (nSPS) is 15.5. The van der Waals surface area contributed by atoms with E-state index in [0.29, 0.717) is 23.6 Å². The molecule has 1 aliphatic rings. The summed E-state index contributed by atoms with van der Waals surface area (Å²) in [6.45, 7) is 1.47. The summed E-state index contributed by atoms with van der Waals surface area (Å²) < 4.78 is 10.4. The Morgan fingerprint density at radius 3 is 2.32 bits per heavy atom. The van der Waals surface area contributed by atoms with Gasteiger partial charge in [-0.3, -0.25) is 14.5 Å². The SMILES string of the molecule is COc1cc(NC(=O)C2Cc3ccccc3N2C(C)=O)cc(OC)c1. The fourth-order valence-corrected chi connectivity index (χ4v) is 3.09. The summed E-state index contributed by atoms with van der Waals surface area (Å²) in [5.41, 5.74) is 2.33. The van der Waals surface area contributed by atoms with Gasteiger partial charge in [-0.2, -0.15) is 0 Å². The second-order valence-corrected chi connectivity index (χ2v) is 5.83. The fraction of sp³-hybridized carbons (Fsp3) is 0.263. The Labute approximate surface area is 146 Å². The summed E-state index contributed by atoms with van der Waals surface area (Å²) in [6, 6.07) is 12.1. The lowest BCUT2D eigenvalue weighted by Gasteiger charge is -2.23. The number of hydrogen-bond acceptors (Lipinski definition) is 4. The summed E-state index contributed by atoms with van der Waals surface area (Å²) in [5, 5.41) is 2.86. The smallest absolute Gasteiger partial charge is 0.247 e. The van der Waals surface area contributed by atoms with Crippen molar-refractivity contribution in [2.75, 3.05) is 24.4 Å². The molecule has 1 aliphatic heterocycles. The van der Waals surface area contributed by atoms with E-state index < -0.39 is 6.04 Å². The number of carbonyl (C=O) groups is 2. The van der Waals surface area contributed by atoms with Crippen molar-refractivity contribution in [1.82, 2.24) is 0 Å². The number of amides is 2. The van der Waals surface area contributed by atoms with E-state index in [0.717, 1.165) is 11.3 Å². The van der Waals surface area contributed by atoms with Crippen molar-refractivity contribution < 1.29 is 19.1 Å². The van der Waals surface area contributed by atoms with Crippen LogP contribution in [-0.4, -0.2) is 32.1 Å². The first kappa shape index (κ1) is 16.8. The first-order valence-electron chi connectivity index (χ1n) is 7.95. The van der Waals surface area contributed by atoms with Crippen LogP contribution >= 0.6 is 0 Å². The molecule has 1 unspecified atom stereocenters. The highest BCUT2D eigenvalue weighted by molar-refractivity contribution is 6.06. The maximum Gasteiger partial charge on any atom is 0.247 e. The highest BCUT2D eigenvalue weighted by atomic mass is 16.5. The molecule has 6 nitrogen and oxygen atoms in total. The van der Waals surface area contributed by atoms with Gasteiger partial charge in [0.2, 0.25) is 11.8 Å². The minimum absolute atomic E-state index is 0.159. The molecule has 2 amide bonds. The molecule has 0 fully saturated rings. The first-order valence-corrected chi connectivity index (χ1v) is 7.95. The second kappa shape index (κ2) is 6.84. The zero-order valence-corrected chi connectivity index (χ0v) is 14.4. The predicted octanol–water partition coefficient (Wildman–Crippen LogP) is 2.62. The Balaban J connectivity index is 1.85. The number of carbonyl (C=O) groups excluding carboxylic acids is 2. The molecule has 0 radical (unpaired) electrons. The number of nitrogens with one attached hydrogen (secondary N) is 1. The number of methoxy groups -OCH3 is 2. The van der Waals surface area contributed by atoms with E-state index >= 15 is 0 Å². The molecule has 0 saturated heterocycles. The molecule has 0 aliphatic carbocycles. The molecular weight excluding hydrogens is 320 g/mol. The number of fused-ring (bicyclic) bond motifs is 1. The van der Waals surface area contributed by atoms with Gasteiger partial charge in [-0.1, -0.05) is 18.2 Å². The van der Waals surface area contributed by atoms with Crippen molar-refractivity contribution in [3.8, 4) is 11.5 Å². The Bertz CT molecular complexity index is 797. The molecule has 2 aromatic carbocycles. The lowest BCUT2D eigenvalue weighted by Crippen LogP contribution is -2.44. The van der Waals surface area contributed by atoms with E-state index in [4.69, 9.17) is 9.47 Å². The number of anilines is 2. The Morgan fingerprint density at radius 2 is 1.72 bits per heavy atom. The van der Waals surface area contributed by atoms with E-state index in [2.05, 4.69) is 5.32 Å². The number of hydrogen-bond donors (Lipinski definition) is 1. The Hall–Kier alpha value is -3.02. The van der Waals surface area contributed by atoms with Crippen molar-refractivity contribution in [1.29, 1.82) is 0 Å². The van der Waals surface area contributed by atoms with Crippen LogP contribution in [0.15, 0.2) is 42.5 Å². The summed E-state index contributed by atoms with van der Waals surface area (Å²) in [7, 11) is 3.09. The number of ether oxygens (including phenoxy) is 2. The minimum Gasteiger partial charge on any atom is -0.497 e. The van der Waals surface area contributed by atoms with Gasteiger partial charge in [0, 0.05) is 42.9 Å². The molecule has 3 rings (SSSR count). The third-order valence-corrected chi connectivity index (χ3v) is 4.24. The molecule has 2 aromatic rings. The van der Waals surface area contributed by atoms with E-state index in [1.165, 1.54) is 6.92 Å². The van der Waals surface area contributed by atoms with Crippen LogP contribution in [0.25, 0.3) is 0 Å². The second-order valence-electron chi connectivity index (χ2n) is 5.83. The summed E-state index contributed by atoms with van der Waals surface area (Å²) in [5.74, 6) is 0.746. The van der Waals surface area contributed by atoms with Gasteiger partial charge >= 0.3 is 0 Å². The fourth-order valence-electron chi connectivity index (χ4n) is 3.09. The van der Waals surface area contributed by atoms with Crippen molar-refractivity contribution in [3.05, 3.63) is 48.0 Å². The quantitative estimate of drug-likeness (QED) is 0.929. The van der Waals surface area contributed by atoms with E-state index in [1.54, 1.807) is 37.3 Å². The highest BCUT2D eigenvalue weighted by Gasteiger charge is 2.36. The molecular formula is C19H20N2O4. The van der Waals surface area contributed by atoms with Crippen LogP contribution in [0.4, 0.5) is 11.4 Å². The van der Waals surface area contributed by atoms with Gasteiger partial charge in [0.15, 0.2) is 0 Å². The minimum atomic E-state index is -0.577. The summed E-state index contributed by atoms with van der Waals surface area (Å²) in [4.78, 5) is 26.4. The van der Waals surface area contributed by atoms with Crippen LogP contribution in [0, 0.1) is 0 Å². The molecule has 130 valence electrons. The van der Waals surface area contributed by atoms with Crippen molar-refractivity contribution >= 4 is 23.2 Å². The molecule has 0 saturated carbocycles. The van der Waals surface area contributed by atoms with E-state index in [-0.39, 0.29) is 11.8 Å². The monoisotopic (exact) mass is 340 g/mol. The Kier molecular flexibility index (Phi) is 4.61. The molecule has 0 spiro atoms. The van der Waals surface area contributed by atoms with Gasteiger partial charge in [-0.15, -0.1) is 0 Å². The third-order valence-electron chi connectivity index (χ3n) is 4.24. The number of rotatable bonds is 4. The van der Waals surface area contributed by atoms with Crippen LogP contribution in [-0.2, 0) is 16.0 Å². The lowest BCUT2D eigenvalue weighted by atomic mass is 10.1. The first-order chi connectivity index (χ1) is 12.0. The largest absolute Gasteiger partial charge is 0.497 e. The van der Waals surface area contributed by atoms with E-state index in [9.17, 15) is 9.59 Å². The molecule has 25 heavy (non-hydrogen) atoms. The number of para-hydroxylation sites is 1. The van der Waals surface area contributed by atoms with Crippen LogP contribution < -0.4 is 19.7 Å². The average molecular weight is 340 g/mol. The van der Waals surface area contributed by atoms with Gasteiger partial charge in [0.1, 0.15) is 17.5 Å². The standard InChI is InChI=1S/C19H20N2O4/c1-12(22)21-17-7-5-4-6-13(17)8-18(21)19(23)20-14-9-15(24-2)11-16(10-14)25-3/h4-7,9-11,18H,8H2,1-3H3,(H,20,23). The maximum absolute atomic E-state index is 12.8. The molecule has 1 N–H and O–H groups in total. The van der Waals surface area contributed by atoms with Crippen molar-refractivity contribution in [2.24, 2.45) is 0 Å². The maximum atomic E-state index is 12.8. The van der Waals surface area contributed by atoms with Crippen LogP contribution in [0.3, 0.4) is 0 Å². The van der Waals surface area contributed by atoms with Gasteiger partial charge in [0.05, 0.1) is 14.2 Å². The number of nitrogens with zero attached hydrogens (tertiary/aromatic N) is 1. The van der Waals surface area contributed by atoms with Crippen molar-refractivity contribution in [3.63, 3.8) is 0 Å². The third kappa shape index (κ3) is 3.28. The van der Waals surface area contributed by atoms with Crippen LogP contribution in [0.2, 0.25) is 0 Å². The molecule has 0 aromatic heterocycles. The molecule has 1 heterocycles. The van der Waals surface area contributed by atoms with Gasteiger partial charge < -0.3 is 14.8 Å². The zero-order chi connectivity index (χ0) is 18.0. The van der Waals surface area contributed by atoms with Crippen LogP contribution in [0.1, 0.15) is 12.5 Å². The topological polar surface area (TPSA) is 67.9 Å². The summed E-state index contributed by atoms with van der Waals surface area (Å²) >= 11 is 0. The summed E-state index contributed by atoms with van der Waals surface area (Å²) in [6.07, 6.45) is 0.489. The average Bonchev–Trinajstić information content (AvgIpc) is 3.01. The zero-order valence-electron chi connectivity index (χ0n) is 14.4. The molecule has 0 bridgehead atoms. The predicted molar refractivity (Wildman–Crippen MR) is 95.3 cm³/mol. The Morgan fingerprint density at radius 1 is 1.08 bits per heavy atom.